The number of aliphatic hydroxyl groups is 1. The van der Waals surface area contributed by atoms with Gasteiger partial charge in [-0.15, -0.1) is 0 Å². The van der Waals surface area contributed by atoms with Crippen molar-refractivity contribution >= 4 is 17.1 Å². The van der Waals surface area contributed by atoms with Crippen molar-refractivity contribution in [2.45, 2.75) is 32.3 Å². The van der Waals surface area contributed by atoms with Crippen LogP contribution in [0.5, 0.6) is 0 Å². The van der Waals surface area contributed by atoms with Crippen LogP contribution in [-0.4, -0.2) is 49.0 Å². The zero-order chi connectivity index (χ0) is 16.7. The molecule has 2 aromatic rings. The molecule has 1 aliphatic rings. The van der Waals surface area contributed by atoms with Crippen LogP contribution in [0.4, 0.5) is 0 Å². The molecule has 0 radical (unpaired) electrons. The van der Waals surface area contributed by atoms with Crippen LogP contribution in [0.3, 0.4) is 0 Å². The number of rotatable bonds is 3. The normalized spacial score (nSPS) is 27.5. The van der Waals surface area contributed by atoms with Crippen molar-refractivity contribution in [2.75, 3.05) is 6.61 Å². The van der Waals surface area contributed by atoms with E-state index >= 15 is 0 Å². The van der Waals surface area contributed by atoms with E-state index in [4.69, 9.17) is 14.9 Å². The maximum absolute atomic E-state index is 11.4. The summed E-state index contributed by atoms with van der Waals surface area (Å²) in [4.78, 5) is 19.9. The van der Waals surface area contributed by atoms with Gasteiger partial charge in [0, 0.05) is 19.9 Å². The van der Waals surface area contributed by atoms with E-state index in [1.807, 2.05) is 6.92 Å². The summed E-state index contributed by atoms with van der Waals surface area (Å²) in [6, 6.07) is 0. The molecule has 0 aliphatic carbocycles. The molecule has 0 saturated carbocycles. The Kier molecular flexibility index (Phi) is 3.90. The number of aryl methyl sites for hydroxylation is 1. The fourth-order valence-electron chi connectivity index (χ4n) is 2.84. The lowest BCUT2D eigenvalue weighted by Crippen LogP contribution is -2.30. The van der Waals surface area contributed by atoms with Gasteiger partial charge in [-0.05, 0) is 0 Å². The number of hydrogen-bond donors (Lipinski definition) is 2. The minimum absolute atomic E-state index is 0.172. The number of ether oxygens (including phenoxy) is 2. The van der Waals surface area contributed by atoms with E-state index in [-0.39, 0.29) is 18.0 Å². The van der Waals surface area contributed by atoms with Crippen LogP contribution >= 0.6 is 0 Å². The number of aromatic nitrogens is 4. The fraction of sp³-hybridized carbons (Fsp3) is 0.571. The predicted octanol–water partition coefficient (Wildman–Crippen LogP) is -0.293. The Balaban J connectivity index is 2.07. The van der Waals surface area contributed by atoms with Crippen LogP contribution < -0.4 is 5.49 Å². The van der Waals surface area contributed by atoms with Gasteiger partial charge in [0.1, 0.15) is 5.52 Å². The monoisotopic (exact) mass is 321 g/mol. The molecule has 2 N–H and O–H groups in total. The van der Waals surface area contributed by atoms with Crippen molar-refractivity contribution in [3.8, 4) is 0 Å². The molecule has 9 nitrogen and oxygen atoms in total. The largest absolute Gasteiger partial charge is 0.457 e. The standard InChI is InChI=1S/C14H19N5O4/c1-7-9(4-20)23-14(11(7)22-8(2)21)19-6-16-10-12(15)18(3)5-17-13(10)19/h5-7,9,11,14-15,20H,4H2,1-3H3/t7-,9-,11-,14-/m1/s1. The number of carbonyl (C=O) groups is 1. The number of esters is 1. The van der Waals surface area contributed by atoms with E-state index in [9.17, 15) is 9.90 Å². The van der Waals surface area contributed by atoms with E-state index in [0.29, 0.717) is 11.2 Å². The van der Waals surface area contributed by atoms with Crippen molar-refractivity contribution in [2.24, 2.45) is 13.0 Å². The number of fused-ring (bicyclic) bond motifs is 1. The molecule has 0 unspecified atom stereocenters. The van der Waals surface area contributed by atoms with Gasteiger partial charge >= 0.3 is 5.97 Å². The Morgan fingerprint density at radius 2 is 2.22 bits per heavy atom. The van der Waals surface area contributed by atoms with Crippen molar-refractivity contribution in [3.63, 3.8) is 0 Å². The maximum atomic E-state index is 11.4. The molecule has 1 saturated heterocycles. The van der Waals surface area contributed by atoms with Crippen molar-refractivity contribution in [3.05, 3.63) is 18.1 Å². The smallest absolute Gasteiger partial charge is 0.303 e. The summed E-state index contributed by atoms with van der Waals surface area (Å²) >= 11 is 0. The maximum Gasteiger partial charge on any atom is 0.303 e. The lowest BCUT2D eigenvalue weighted by Gasteiger charge is -2.21. The van der Waals surface area contributed by atoms with E-state index in [1.54, 1.807) is 16.2 Å². The van der Waals surface area contributed by atoms with E-state index in [1.165, 1.54) is 19.6 Å². The molecule has 0 aromatic carbocycles. The minimum atomic E-state index is -0.643. The van der Waals surface area contributed by atoms with Gasteiger partial charge in [0.05, 0.1) is 25.4 Å². The lowest BCUT2D eigenvalue weighted by molar-refractivity contribution is -0.153. The van der Waals surface area contributed by atoms with Crippen LogP contribution in [0.25, 0.3) is 11.2 Å². The van der Waals surface area contributed by atoms with Crippen molar-refractivity contribution in [1.82, 2.24) is 19.1 Å². The Morgan fingerprint density at radius 3 is 2.87 bits per heavy atom. The van der Waals surface area contributed by atoms with Crippen LogP contribution in [0.15, 0.2) is 12.7 Å². The van der Waals surface area contributed by atoms with E-state index in [0.717, 1.165) is 0 Å². The molecule has 124 valence electrons. The first-order valence-corrected chi connectivity index (χ1v) is 7.30. The number of carbonyl (C=O) groups excluding carboxylic acids is 1. The molecule has 9 heteroatoms. The van der Waals surface area contributed by atoms with Crippen LogP contribution in [-0.2, 0) is 21.3 Å². The SMILES string of the molecule is CC(=O)O[C@@H]1[C@H](C)[C@@H](CO)O[C@H]1n1cnc2c(=N)n(C)cnc21. The first kappa shape index (κ1) is 15.6. The minimum Gasteiger partial charge on any atom is -0.457 e. The van der Waals surface area contributed by atoms with Gasteiger partial charge in [0.25, 0.3) is 0 Å². The summed E-state index contributed by atoms with van der Waals surface area (Å²) in [5, 5.41) is 17.5. The lowest BCUT2D eigenvalue weighted by atomic mass is 10.0. The highest BCUT2D eigenvalue weighted by Crippen LogP contribution is 2.36. The Bertz CT molecular complexity index is 798. The number of hydrogen-bond acceptors (Lipinski definition) is 7. The van der Waals surface area contributed by atoms with Crippen LogP contribution in [0.2, 0.25) is 0 Å². The van der Waals surface area contributed by atoms with Gasteiger partial charge in [0.2, 0.25) is 0 Å². The third-order valence-electron chi connectivity index (χ3n) is 4.15. The summed E-state index contributed by atoms with van der Waals surface area (Å²) < 4.78 is 14.4. The number of aliphatic hydroxyl groups excluding tert-OH is 1. The molecule has 3 heterocycles. The molecule has 1 aliphatic heterocycles. The molecule has 0 amide bonds. The second-order valence-electron chi connectivity index (χ2n) is 5.71. The van der Waals surface area contributed by atoms with Gasteiger partial charge in [-0.1, -0.05) is 6.92 Å². The topological polar surface area (TPSA) is 115 Å². The van der Waals surface area contributed by atoms with Gasteiger partial charge < -0.3 is 19.1 Å². The van der Waals surface area contributed by atoms with E-state index in [2.05, 4.69) is 9.97 Å². The fourth-order valence-corrected chi connectivity index (χ4v) is 2.84. The molecule has 23 heavy (non-hydrogen) atoms. The third-order valence-corrected chi connectivity index (χ3v) is 4.15. The van der Waals surface area contributed by atoms with Gasteiger partial charge in [0.15, 0.2) is 23.5 Å². The second kappa shape index (κ2) is 5.74. The molecule has 0 spiro atoms. The molecule has 2 aromatic heterocycles. The Hall–Kier alpha value is -2.26. The first-order chi connectivity index (χ1) is 10.9. The molecule has 4 atom stereocenters. The Labute approximate surface area is 132 Å². The van der Waals surface area contributed by atoms with Crippen LogP contribution in [0, 0.1) is 11.3 Å². The van der Waals surface area contributed by atoms with Gasteiger partial charge in [-0.25, -0.2) is 9.97 Å². The Morgan fingerprint density at radius 1 is 1.48 bits per heavy atom. The molecule has 1 fully saturated rings. The summed E-state index contributed by atoms with van der Waals surface area (Å²) in [6.07, 6.45) is 1.38. The highest BCUT2D eigenvalue weighted by molar-refractivity contribution is 5.69. The zero-order valence-electron chi connectivity index (χ0n) is 13.1. The first-order valence-electron chi connectivity index (χ1n) is 7.30. The van der Waals surface area contributed by atoms with Crippen molar-refractivity contribution < 1.29 is 19.4 Å². The van der Waals surface area contributed by atoms with Crippen molar-refractivity contribution in [1.29, 1.82) is 5.41 Å². The number of nitrogens with one attached hydrogen (secondary N) is 1. The van der Waals surface area contributed by atoms with Crippen LogP contribution in [0.1, 0.15) is 20.1 Å². The van der Waals surface area contributed by atoms with E-state index < -0.39 is 24.4 Å². The predicted molar refractivity (Wildman–Crippen MR) is 78.1 cm³/mol. The summed E-state index contributed by atoms with van der Waals surface area (Å²) in [6.45, 7) is 3.02. The highest BCUT2D eigenvalue weighted by Gasteiger charge is 2.45. The average Bonchev–Trinajstić information content (AvgIpc) is 3.05. The quantitative estimate of drug-likeness (QED) is 0.750. The molecular weight excluding hydrogens is 302 g/mol. The average molecular weight is 321 g/mol. The summed E-state index contributed by atoms with van der Waals surface area (Å²) in [5.41, 5.74) is 1.13. The van der Waals surface area contributed by atoms with Gasteiger partial charge in [-0.2, -0.15) is 0 Å². The second-order valence-corrected chi connectivity index (χ2v) is 5.71. The molecule has 3 rings (SSSR count). The molecule has 0 bridgehead atoms. The van der Waals surface area contributed by atoms with Gasteiger partial charge in [-0.3, -0.25) is 14.8 Å². The number of nitrogens with zero attached hydrogens (tertiary/aromatic N) is 4. The third kappa shape index (κ3) is 2.51. The molecular formula is C14H19N5O4. The summed E-state index contributed by atoms with van der Waals surface area (Å²) in [5.74, 6) is -0.597. The highest BCUT2D eigenvalue weighted by atomic mass is 16.6. The summed E-state index contributed by atoms with van der Waals surface area (Å²) in [7, 11) is 1.71. The zero-order valence-corrected chi connectivity index (χ0v) is 13.1. The number of imidazole rings is 1.